The fraction of sp³-hybridized carbons (Fsp3) is 1.00. The molecule has 4 saturated carbocycles. The van der Waals surface area contributed by atoms with Crippen LogP contribution in [0.5, 0.6) is 0 Å². The minimum Gasteiger partial charge on any atom is -0.393 e. The van der Waals surface area contributed by atoms with Gasteiger partial charge >= 0.3 is 0 Å². The SMILES string of the molecule is CC(C)[C@H]1CC[C@@H]2[C@@H]3CC[C@@](C)([C@@H]4CC[C@@H](O)C(C)(C)[C@H]4C)[C@H](C)[C@@]3(C)CC[C@]12C. The summed E-state index contributed by atoms with van der Waals surface area (Å²) in [5, 5.41) is 10.7. The van der Waals surface area contributed by atoms with E-state index in [0.717, 1.165) is 41.9 Å². The van der Waals surface area contributed by atoms with Crippen LogP contribution in [0.15, 0.2) is 0 Å². The van der Waals surface area contributed by atoms with E-state index in [1.807, 2.05) is 0 Å². The molecule has 30 heavy (non-hydrogen) atoms. The molecule has 174 valence electrons. The van der Waals surface area contributed by atoms with E-state index in [4.69, 9.17) is 0 Å². The molecule has 0 radical (unpaired) electrons. The number of hydrogen-bond donors (Lipinski definition) is 1. The molecule has 1 N–H and O–H groups in total. The Morgan fingerprint density at radius 1 is 0.667 bits per heavy atom. The van der Waals surface area contributed by atoms with E-state index in [1.165, 1.54) is 44.9 Å². The zero-order valence-corrected chi connectivity index (χ0v) is 21.7. The topological polar surface area (TPSA) is 20.2 Å². The lowest BCUT2D eigenvalue weighted by Gasteiger charge is -2.66. The number of rotatable bonds is 2. The summed E-state index contributed by atoms with van der Waals surface area (Å²) in [6, 6.07) is 0. The lowest BCUT2D eigenvalue weighted by molar-refractivity contribution is -0.178. The van der Waals surface area contributed by atoms with E-state index < -0.39 is 0 Å². The first-order chi connectivity index (χ1) is 13.8. The van der Waals surface area contributed by atoms with Crippen LogP contribution >= 0.6 is 0 Å². The Morgan fingerprint density at radius 3 is 1.83 bits per heavy atom. The maximum absolute atomic E-state index is 10.7. The van der Waals surface area contributed by atoms with Crippen molar-refractivity contribution in [2.45, 2.75) is 120 Å². The highest BCUT2D eigenvalue weighted by Gasteiger charge is 2.64. The molecule has 4 aliphatic carbocycles. The Balaban J connectivity index is 1.62. The summed E-state index contributed by atoms with van der Waals surface area (Å²) in [7, 11) is 0. The first-order valence-electron chi connectivity index (χ1n) is 13.5. The van der Waals surface area contributed by atoms with Gasteiger partial charge in [0.2, 0.25) is 0 Å². The molecule has 4 rings (SSSR count). The highest BCUT2D eigenvalue weighted by molar-refractivity contribution is 5.13. The minimum absolute atomic E-state index is 0.0461. The Kier molecular flexibility index (Phi) is 5.57. The third kappa shape index (κ3) is 2.95. The van der Waals surface area contributed by atoms with Crippen LogP contribution in [0.3, 0.4) is 0 Å². The van der Waals surface area contributed by atoms with Gasteiger partial charge in [-0.05, 0) is 114 Å². The maximum atomic E-state index is 10.7. The standard InChI is InChI=1S/C29H52O/c1-18(2)21-10-11-23-24-14-15-27(7,20(4)28(24,8)16-17-29(21,23)9)22-12-13-25(30)26(5,6)19(22)3/h18-25,30H,10-17H2,1-9H3/t19-,20-,21+,22+,23+,24-,25+,27+,28+,29+/m0/s1. The first kappa shape index (κ1) is 23.1. The average molecular weight is 417 g/mol. The van der Waals surface area contributed by atoms with Crippen molar-refractivity contribution in [1.82, 2.24) is 0 Å². The Hall–Kier alpha value is -0.0400. The van der Waals surface area contributed by atoms with E-state index >= 15 is 0 Å². The largest absolute Gasteiger partial charge is 0.393 e. The first-order valence-corrected chi connectivity index (χ1v) is 13.5. The zero-order chi connectivity index (χ0) is 22.3. The van der Waals surface area contributed by atoms with Crippen molar-refractivity contribution in [2.75, 3.05) is 0 Å². The van der Waals surface area contributed by atoms with Crippen LogP contribution in [0.2, 0.25) is 0 Å². The number of hydrogen-bond acceptors (Lipinski definition) is 1. The molecule has 10 atom stereocenters. The van der Waals surface area contributed by atoms with Gasteiger partial charge in [-0.15, -0.1) is 0 Å². The van der Waals surface area contributed by atoms with Crippen molar-refractivity contribution in [2.24, 2.45) is 63.1 Å². The smallest absolute Gasteiger partial charge is 0.0593 e. The van der Waals surface area contributed by atoms with Gasteiger partial charge in [-0.2, -0.15) is 0 Å². The number of fused-ring (bicyclic) bond motifs is 3. The Morgan fingerprint density at radius 2 is 1.20 bits per heavy atom. The van der Waals surface area contributed by atoms with Gasteiger partial charge in [-0.1, -0.05) is 62.3 Å². The van der Waals surface area contributed by atoms with Gasteiger partial charge in [-0.3, -0.25) is 0 Å². The molecule has 0 aromatic carbocycles. The van der Waals surface area contributed by atoms with Crippen molar-refractivity contribution in [3.05, 3.63) is 0 Å². The van der Waals surface area contributed by atoms with Crippen LogP contribution in [0, 0.1) is 63.1 Å². The molecule has 0 aromatic heterocycles. The van der Waals surface area contributed by atoms with Crippen molar-refractivity contribution in [3.8, 4) is 0 Å². The predicted octanol–water partition coefficient (Wildman–Crippen LogP) is 7.96. The van der Waals surface area contributed by atoms with E-state index in [-0.39, 0.29) is 11.5 Å². The summed E-state index contributed by atoms with van der Waals surface area (Å²) in [4.78, 5) is 0. The van der Waals surface area contributed by atoms with E-state index in [2.05, 4.69) is 62.3 Å². The molecule has 1 nitrogen and oxygen atoms in total. The second kappa shape index (κ2) is 7.23. The van der Waals surface area contributed by atoms with Gasteiger partial charge in [0.1, 0.15) is 0 Å². The van der Waals surface area contributed by atoms with Gasteiger partial charge in [-0.25, -0.2) is 0 Å². The zero-order valence-electron chi connectivity index (χ0n) is 21.7. The molecule has 4 fully saturated rings. The van der Waals surface area contributed by atoms with Gasteiger partial charge < -0.3 is 5.11 Å². The molecule has 0 heterocycles. The molecule has 0 saturated heterocycles. The lowest BCUT2D eigenvalue weighted by Crippen LogP contribution is -2.59. The Labute approximate surface area is 188 Å². The molecule has 0 bridgehead atoms. The molecular formula is C29H52O. The maximum Gasteiger partial charge on any atom is 0.0593 e. The fourth-order valence-corrected chi connectivity index (χ4v) is 10.3. The Bertz CT molecular complexity index is 651. The fourth-order valence-electron chi connectivity index (χ4n) is 10.3. The highest BCUT2D eigenvalue weighted by atomic mass is 16.3. The van der Waals surface area contributed by atoms with E-state index in [1.54, 1.807) is 0 Å². The van der Waals surface area contributed by atoms with Crippen LogP contribution in [0.1, 0.15) is 114 Å². The van der Waals surface area contributed by atoms with E-state index in [0.29, 0.717) is 22.2 Å². The summed E-state index contributed by atoms with van der Waals surface area (Å²) in [5.41, 5.74) is 1.56. The van der Waals surface area contributed by atoms with Crippen LogP contribution in [-0.4, -0.2) is 11.2 Å². The summed E-state index contributed by atoms with van der Waals surface area (Å²) in [6.07, 6.45) is 10.8. The number of aliphatic hydroxyl groups excluding tert-OH is 1. The minimum atomic E-state index is -0.128. The monoisotopic (exact) mass is 416 g/mol. The predicted molar refractivity (Wildman–Crippen MR) is 128 cm³/mol. The molecular weight excluding hydrogens is 364 g/mol. The third-order valence-electron chi connectivity index (χ3n) is 13.0. The normalized spacial score (nSPS) is 55.9. The van der Waals surface area contributed by atoms with Crippen molar-refractivity contribution in [3.63, 3.8) is 0 Å². The van der Waals surface area contributed by atoms with Crippen molar-refractivity contribution < 1.29 is 5.11 Å². The second-order valence-electron chi connectivity index (χ2n) is 14.2. The van der Waals surface area contributed by atoms with Crippen LogP contribution < -0.4 is 0 Å². The van der Waals surface area contributed by atoms with Gasteiger partial charge in [0.15, 0.2) is 0 Å². The quantitative estimate of drug-likeness (QED) is 0.484. The molecule has 0 amide bonds. The lowest BCUT2D eigenvalue weighted by atomic mass is 9.39. The van der Waals surface area contributed by atoms with Gasteiger partial charge in [0, 0.05) is 0 Å². The van der Waals surface area contributed by atoms with Crippen LogP contribution in [-0.2, 0) is 0 Å². The summed E-state index contributed by atoms with van der Waals surface area (Å²) in [5.74, 6) is 5.80. The van der Waals surface area contributed by atoms with Gasteiger partial charge in [0.05, 0.1) is 6.10 Å². The summed E-state index contributed by atoms with van der Waals surface area (Å²) in [6.45, 7) is 22.8. The van der Waals surface area contributed by atoms with Crippen LogP contribution in [0.4, 0.5) is 0 Å². The molecule has 0 aromatic rings. The molecule has 1 heteroatoms. The van der Waals surface area contributed by atoms with E-state index in [9.17, 15) is 5.11 Å². The summed E-state index contributed by atoms with van der Waals surface area (Å²) >= 11 is 0. The van der Waals surface area contributed by atoms with Crippen molar-refractivity contribution >= 4 is 0 Å². The molecule has 0 aliphatic heterocycles. The molecule has 4 aliphatic rings. The second-order valence-corrected chi connectivity index (χ2v) is 14.2. The molecule has 0 spiro atoms. The van der Waals surface area contributed by atoms with Crippen molar-refractivity contribution in [1.29, 1.82) is 0 Å². The van der Waals surface area contributed by atoms with Gasteiger partial charge in [0.25, 0.3) is 0 Å². The number of aliphatic hydroxyl groups is 1. The third-order valence-corrected chi connectivity index (χ3v) is 13.0. The summed E-state index contributed by atoms with van der Waals surface area (Å²) < 4.78 is 0. The highest BCUT2D eigenvalue weighted by Crippen LogP contribution is 2.71. The van der Waals surface area contributed by atoms with Crippen LogP contribution in [0.25, 0.3) is 0 Å². The average Bonchev–Trinajstić information content (AvgIpc) is 3.02. The molecule has 0 unspecified atom stereocenters.